The van der Waals surface area contributed by atoms with Gasteiger partial charge in [-0.25, -0.2) is 8.42 Å². The third-order valence-electron chi connectivity index (χ3n) is 1.84. The molecule has 0 bridgehead atoms. The van der Waals surface area contributed by atoms with Crippen molar-refractivity contribution in [2.75, 3.05) is 6.26 Å². The van der Waals surface area contributed by atoms with Crippen LogP contribution in [0.3, 0.4) is 0 Å². The number of hydrogen-bond acceptors (Lipinski definition) is 3. The highest BCUT2D eigenvalue weighted by molar-refractivity contribution is 7.92. The Kier molecular flexibility index (Phi) is 4.71. The van der Waals surface area contributed by atoms with E-state index in [0.29, 0.717) is 12.8 Å². The van der Waals surface area contributed by atoms with E-state index in [9.17, 15) is 13.2 Å². The molecule has 0 N–H and O–H groups in total. The lowest BCUT2D eigenvalue weighted by atomic mass is 10.1. The van der Waals surface area contributed by atoms with E-state index >= 15 is 0 Å². The van der Waals surface area contributed by atoms with Crippen molar-refractivity contribution in [3.63, 3.8) is 0 Å². The maximum atomic E-state index is 11.2. The molecule has 1 atom stereocenters. The zero-order valence-electron chi connectivity index (χ0n) is 7.91. The summed E-state index contributed by atoms with van der Waals surface area (Å²) in [5.74, 6) is 2.15. The number of carbonyl (C=O) groups excluding carboxylic acids is 1. The van der Waals surface area contributed by atoms with Crippen molar-refractivity contribution in [3.8, 4) is 12.3 Å². The second kappa shape index (κ2) is 5.03. The first kappa shape index (κ1) is 12.2. The molecule has 4 heteroatoms. The van der Waals surface area contributed by atoms with Crippen LogP contribution >= 0.6 is 0 Å². The number of sulfone groups is 1. The average Bonchev–Trinajstić information content (AvgIpc) is 2.01. The van der Waals surface area contributed by atoms with Crippen molar-refractivity contribution in [2.45, 2.75) is 31.4 Å². The van der Waals surface area contributed by atoms with Crippen LogP contribution in [0.2, 0.25) is 0 Å². The van der Waals surface area contributed by atoms with E-state index in [4.69, 9.17) is 6.42 Å². The van der Waals surface area contributed by atoms with Gasteiger partial charge >= 0.3 is 0 Å². The maximum absolute atomic E-state index is 11.2. The first-order valence-corrected chi connectivity index (χ1v) is 6.00. The SMILES string of the molecule is C#CCCCC(=O)C(C)S(C)(=O)=O. The molecule has 0 aliphatic heterocycles. The summed E-state index contributed by atoms with van der Waals surface area (Å²) in [6.07, 6.45) is 7.39. The fraction of sp³-hybridized carbons (Fsp3) is 0.667. The van der Waals surface area contributed by atoms with Gasteiger partial charge in [0.25, 0.3) is 0 Å². The van der Waals surface area contributed by atoms with Crippen molar-refractivity contribution in [1.82, 2.24) is 0 Å². The van der Waals surface area contributed by atoms with Crippen LogP contribution in [-0.2, 0) is 14.6 Å². The largest absolute Gasteiger partial charge is 0.298 e. The lowest BCUT2D eigenvalue weighted by molar-refractivity contribution is -0.118. The molecule has 0 fully saturated rings. The smallest absolute Gasteiger partial charge is 0.157 e. The van der Waals surface area contributed by atoms with Gasteiger partial charge in [-0.1, -0.05) is 0 Å². The topological polar surface area (TPSA) is 51.2 Å². The fourth-order valence-electron chi connectivity index (χ4n) is 0.807. The molecule has 0 saturated carbocycles. The molecule has 0 aliphatic carbocycles. The first-order valence-electron chi connectivity index (χ1n) is 4.04. The molecular weight excluding hydrogens is 188 g/mol. The third kappa shape index (κ3) is 4.69. The molecule has 3 nitrogen and oxygen atoms in total. The Balaban J connectivity index is 4.08. The summed E-state index contributed by atoms with van der Waals surface area (Å²) in [4.78, 5) is 11.2. The number of terminal acetylenes is 1. The molecule has 0 amide bonds. The van der Waals surface area contributed by atoms with Gasteiger partial charge in [-0.05, 0) is 13.3 Å². The number of carbonyl (C=O) groups is 1. The van der Waals surface area contributed by atoms with Crippen LogP contribution in [0.5, 0.6) is 0 Å². The van der Waals surface area contributed by atoms with Crippen LogP contribution in [0.4, 0.5) is 0 Å². The van der Waals surface area contributed by atoms with E-state index in [1.165, 1.54) is 6.92 Å². The molecule has 0 rings (SSSR count). The zero-order valence-corrected chi connectivity index (χ0v) is 8.73. The second-order valence-corrected chi connectivity index (χ2v) is 5.36. The van der Waals surface area contributed by atoms with E-state index < -0.39 is 15.1 Å². The number of rotatable bonds is 5. The maximum Gasteiger partial charge on any atom is 0.157 e. The predicted octanol–water partition coefficient (Wildman–Crippen LogP) is 0.792. The highest BCUT2D eigenvalue weighted by atomic mass is 32.2. The lowest BCUT2D eigenvalue weighted by Crippen LogP contribution is -2.25. The van der Waals surface area contributed by atoms with Gasteiger partial charge in [-0.15, -0.1) is 12.3 Å². The quantitative estimate of drug-likeness (QED) is 0.489. The number of Topliss-reactive ketones (excluding diaryl/α,β-unsaturated/α-hetero) is 1. The van der Waals surface area contributed by atoms with E-state index in [2.05, 4.69) is 5.92 Å². The minimum absolute atomic E-state index is 0.248. The van der Waals surface area contributed by atoms with Crippen LogP contribution in [0.25, 0.3) is 0 Å². The number of ketones is 1. The summed E-state index contributed by atoms with van der Waals surface area (Å²) in [5, 5.41) is -0.898. The van der Waals surface area contributed by atoms with Crippen LogP contribution in [-0.4, -0.2) is 25.7 Å². The summed E-state index contributed by atoms with van der Waals surface area (Å²) in [7, 11) is -3.24. The average molecular weight is 202 g/mol. The number of unbranched alkanes of at least 4 members (excludes halogenated alkanes) is 1. The highest BCUT2D eigenvalue weighted by Crippen LogP contribution is 2.05. The van der Waals surface area contributed by atoms with Gasteiger partial charge in [-0.3, -0.25) is 4.79 Å². The van der Waals surface area contributed by atoms with Crippen LogP contribution in [0.15, 0.2) is 0 Å². The molecule has 74 valence electrons. The molecular formula is C9H14O3S. The summed E-state index contributed by atoms with van der Waals surface area (Å²) in [5.41, 5.74) is 0. The molecule has 0 heterocycles. The lowest BCUT2D eigenvalue weighted by Gasteiger charge is -2.06. The van der Waals surface area contributed by atoms with Gasteiger partial charge in [0.05, 0.1) is 0 Å². The Hall–Kier alpha value is -0.820. The van der Waals surface area contributed by atoms with Gasteiger partial charge in [0.15, 0.2) is 15.6 Å². The van der Waals surface area contributed by atoms with Crippen LogP contribution < -0.4 is 0 Å². The standard InChI is InChI=1S/C9H14O3S/c1-4-5-6-7-9(10)8(2)13(3,11)12/h1,8H,5-7H2,2-3H3. The predicted molar refractivity (Wildman–Crippen MR) is 52.0 cm³/mol. The zero-order chi connectivity index (χ0) is 10.5. The van der Waals surface area contributed by atoms with Crippen molar-refractivity contribution in [1.29, 1.82) is 0 Å². The first-order chi connectivity index (χ1) is 5.89. The van der Waals surface area contributed by atoms with Gasteiger partial charge in [0, 0.05) is 19.1 Å². The Morgan fingerprint density at radius 3 is 2.46 bits per heavy atom. The molecule has 0 aliphatic rings. The third-order valence-corrected chi connectivity index (χ3v) is 3.39. The Morgan fingerprint density at radius 1 is 1.54 bits per heavy atom. The van der Waals surface area contributed by atoms with Crippen LogP contribution in [0.1, 0.15) is 26.2 Å². The molecule has 0 radical (unpaired) electrons. The van der Waals surface area contributed by atoms with Gasteiger partial charge in [-0.2, -0.15) is 0 Å². The van der Waals surface area contributed by atoms with Crippen molar-refractivity contribution >= 4 is 15.6 Å². The van der Waals surface area contributed by atoms with E-state index in [0.717, 1.165) is 6.26 Å². The highest BCUT2D eigenvalue weighted by Gasteiger charge is 2.22. The minimum Gasteiger partial charge on any atom is -0.298 e. The van der Waals surface area contributed by atoms with Gasteiger partial charge in [0.1, 0.15) is 5.25 Å². The summed E-state index contributed by atoms with van der Waals surface area (Å²) < 4.78 is 21.9. The van der Waals surface area contributed by atoms with Crippen molar-refractivity contribution in [2.24, 2.45) is 0 Å². The van der Waals surface area contributed by atoms with Crippen LogP contribution in [0, 0.1) is 12.3 Å². The van der Waals surface area contributed by atoms with E-state index in [-0.39, 0.29) is 12.2 Å². The van der Waals surface area contributed by atoms with E-state index in [1.807, 2.05) is 0 Å². The summed E-state index contributed by atoms with van der Waals surface area (Å²) in [6, 6.07) is 0. The van der Waals surface area contributed by atoms with Crippen molar-refractivity contribution in [3.05, 3.63) is 0 Å². The van der Waals surface area contributed by atoms with Gasteiger partial charge in [0.2, 0.25) is 0 Å². The molecule has 0 spiro atoms. The minimum atomic E-state index is -3.24. The summed E-state index contributed by atoms with van der Waals surface area (Å²) in [6.45, 7) is 1.41. The summed E-state index contributed by atoms with van der Waals surface area (Å²) >= 11 is 0. The van der Waals surface area contributed by atoms with E-state index in [1.54, 1.807) is 0 Å². The molecule has 0 aromatic rings. The normalized spacial score (nSPS) is 13.3. The molecule has 0 aromatic heterocycles. The monoisotopic (exact) mass is 202 g/mol. The fourth-order valence-corrected chi connectivity index (χ4v) is 1.40. The molecule has 0 aromatic carbocycles. The second-order valence-electron chi connectivity index (χ2n) is 3.00. The number of hydrogen-bond donors (Lipinski definition) is 0. The Bertz CT molecular complexity index is 308. The molecule has 13 heavy (non-hydrogen) atoms. The van der Waals surface area contributed by atoms with Gasteiger partial charge < -0.3 is 0 Å². The Morgan fingerprint density at radius 2 is 2.08 bits per heavy atom. The molecule has 0 saturated heterocycles. The van der Waals surface area contributed by atoms with Crippen molar-refractivity contribution < 1.29 is 13.2 Å². The molecule has 1 unspecified atom stereocenters. The Labute approximate surface area is 79.4 Å².